The van der Waals surface area contributed by atoms with Crippen molar-refractivity contribution in [3.63, 3.8) is 0 Å². The van der Waals surface area contributed by atoms with E-state index >= 15 is 0 Å². The summed E-state index contributed by atoms with van der Waals surface area (Å²) in [5.41, 5.74) is 0.855. The lowest BCUT2D eigenvalue weighted by Crippen LogP contribution is -2.51. The van der Waals surface area contributed by atoms with Crippen LogP contribution >= 0.6 is 0 Å². The van der Waals surface area contributed by atoms with Crippen LogP contribution in [0.2, 0.25) is 0 Å². The van der Waals surface area contributed by atoms with Crippen molar-refractivity contribution in [3.8, 4) is 5.75 Å². The van der Waals surface area contributed by atoms with Crippen LogP contribution in [0.25, 0.3) is 0 Å². The van der Waals surface area contributed by atoms with E-state index in [9.17, 15) is 9.90 Å². The summed E-state index contributed by atoms with van der Waals surface area (Å²) in [4.78, 5) is 13.0. The largest absolute Gasteiger partial charge is 0.508 e. The van der Waals surface area contributed by atoms with Gasteiger partial charge in [0.25, 0.3) is 0 Å². The lowest BCUT2D eigenvalue weighted by molar-refractivity contribution is -0.132. The number of amides is 1. The Morgan fingerprint density at radius 3 is 2.08 bits per heavy atom. The molecule has 1 amide bonds. The van der Waals surface area contributed by atoms with Gasteiger partial charge in [-0.3, -0.25) is 4.79 Å². The first-order valence-corrected chi connectivity index (χ1v) is 9.77. The molecule has 0 aromatic heterocycles. The minimum atomic E-state index is -0.301. The van der Waals surface area contributed by atoms with Gasteiger partial charge in [0.15, 0.2) is 0 Å². The maximum Gasteiger partial charge on any atom is 0.226 e. The summed E-state index contributed by atoms with van der Waals surface area (Å²) in [6.07, 6.45) is 5.72. The Kier molecular flexibility index (Phi) is 7.98. The van der Waals surface area contributed by atoms with Gasteiger partial charge in [-0.2, -0.15) is 0 Å². The predicted molar refractivity (Wildman–Crippen MR) is 106 cm³/mol. The van der Waals surface area contributed by atoms with E-state index < -0.39 is 0 Å². The highest BCUT2D eigenvalue weighted by molar-refractivity contribution is 5.82. The number of rotatable bonds is 10. The Morgan fingerprint density at radius 2 is 1.60 bits per heavy atom. The van der Waals surface area contributed by atoms with Crippen LogP contribution in [-0.2, 0) is 11.2 Å². The van der Waals surface area contributed by atoms with Crippen LogP contribution in [0.3, 0.4) is 0 Å². The quantitative estimate of drug-likeness (QED) is 0.590. The van der Waals surface area contributed by atoms with E-state index in [0.29, 0.717) is 0 Å². The van der Waals surface area contributed by atoms with Crippen LogP contribution in [0.5, 0.6) is 5.75 Å². The second kappa shape index (κ2) is 9.26. The van der Waals surface area contributed by atoms with Crippen molar-refractivity contribution < 1.29 is 9.90 Å². The van der Waals surface area contributed by atoms with Crippen molar-refractivity contribution in [2.75, 3.05) is 0 Å². The number of hydrogen-bond acceptors (Lipinski definition) is 2. The molecule has 3 heteroatoms. The summed E-state index contributed by atoms with van der Waals surface area (Å²) < 4.78 is 0. The average Bonchev–Trinajstić information content (AvgIpc) is 2.56. The third-order valence-corrected chi connectivity index (χ3v) is 5.65. The highest BCUT2D eigenvalue weighted by Crippen LogP contribution is 2.32. The van der Waals surface area contributed by atoms with E-state index in [1.807, 2.05) is 12.1 Å². The molecule has 25 heavy (non-hydrogen) atoms. The van der Waals surface area contributed by atoms with Crippen LogP contribution in [0.15, 0.2) is 24.3 Å². The molecule has 1 aromatic rings. The Balaban J connectivity index is 3.02. The summed E-state index contributed by atoms with van der Waals surface area (Å²) in [6, 6.07) is 7.40. The van der Waals surface area contributed by atoms with Crippen LogP contribution < -0.4 is 5.32 Å². The third-order valence-electron chi connectivity index (χ3n) is 5.65. The third kappa shape index (κ3) is 6.05. The van der Waals surface area contributed by atoms with E-state index in [1.54, 1.807) is 12.1 Å². The summed E-state index contributed by atoms with van der Waals surface area (Å²) in [5, 5.41) is 12.9. The summed E-state index contributed by atoms with van der Waals surface area (Å²) in [6.45, 7) is 13.0. The van der Waals surface area contributed by atoms with Crippen LogP contribution in [0.4, 0.5) is 0 Å². The SMILES string of the molecule is CCCC(C)(CC)C(=O)NC(Cc1ccc(O)cc1)C(C)(C)CCC. The fourth-order valence-electron chi connectivity index (χ4n) is 3.54. The van der Waals surface area contributed by atoms with E-state index in [0.717, 1.165) is 44.1 Å². The lowest BCUT2D eigenvalue weighted by atomic mass is 9.76. The zero-order valence-electron chi connectivity index (χ0n) is 17.0. The minimum Gasteiger partial charge on any atom is -0.508 e. The molecule has 3 nitrogen and oxygen atoms in total. The van der Waals surface area contributed by atoms with E-state index in [2.05, 4.69) is 46.9 Å². The first-order chi connectivity index (χ1) is 11.7. The average molecular weight is 348 g/mol. The monoisotopic (exact) mass is 347 g/mol. The molecule has 0 heterocycles. The number of nitrogens with one attached hydrogen (secondary N) is 1. The molecule has 142 valence electrons. The number of phenolic OH excluding ortho intramolecular Hbond substituents is 1. The molecule has 2 atom stereocenters. The molecule has 0 bridgehead atoms. The molecule has 2 unspecified atom stereocenters. The molecule has 0 aliphatic heterocycles. The Morgan fingerprint density at radius 1 is 1.04 bits per heavy atom. The number of hydrogen-bond donors (Lipinski definition) is 2. The molecule has 0 fully saturated rings. The standard InChI is InChI=1S/C22H37NO2/c1-7-14-21(4,5)19(16-17-10-12-18(24)13-11-17)23-20(25)22(6,9-3)15-8-2/h10-13,19,24H,7-9,14-16H2,1-6H3,(H,23,25). The number of aromatic hydroxyl groups is 1. The number of phenols is 1. The van der Waals surface area contributed by atoms with E-state index in [4.69, 9.17) is 0 Å². The van der Waals surface area contributed by atoms with Gasteiger partial charge >= 0.3 is 0 Å². The van der Waals surface area contributed by atoms with Crippen LogP contribution in [0, 0.1) is 10.8 Å². The van der Waals surface area contributed by atoms with Crippen molar-refractivity contribution in [2.45, 2.75) is 86.1 Å². The molecule has 0 saturated heterocycles. The van der Waals surface area contributed by atoms with Gasteiger partial charge in [0.2, 0.25) is 5.91 Å². The minimum absolute atomic E-state index is 0.0170. The molecule has 1 rings (SSSR count). The number of carbonyl (C=O) groups is 1. The van der Waals surface area contributed by atoms with Crippen molar-refractivity contribution in [3.05, 3.63) is 29.8 Å². The highest BCUT2D eigenvalue weighted by Gasteiger charge is 2.36. The summed E-state index contributed by atoms with van der Waals surface area (Å²) >= 11 is 0. The summed E-state index contributed by atoms with van der Waals surface area (Å²) in [5.74, 6) is 0.448. The molecule has 0 radical (unpaired) electrons. The molecular formula is C22H37NO2. The van der Waals surface area contributed by atoms with E-state index in [1.165, 1.54) is 0 Å². The molecular weight excluding hydrogens is 310 g/mol. The van der Waals surface area contributed by atoms with Crippen molar-refractivity contribution in [1.29, 1.82) is 0 Å². The molecule has 0 aliphatic carbocycles. The summed E-state index contributed by atoms with van der Waals surface area (Å²) in [7, 11) is 0. The predicted octanol–water partition coefficient (Wildman–Crippen LogP) is 5.46. The first kappa shape index (κ1) is 21.5. The van der Waals surface area contributed by atoms with Crippen molar-refractivity contribution in [2.24, 2.45) is 10.8 Å². The Labute approximate surface area is 154 Å². The topological polar surface area (TPSA) is 49.3 Å². The molecule has 0 aliphatic rings. The zero-order chi connectivity index (χ0) is 19.1. The molecule has 0 saturated carbocycles. The van der Waals surface area contributed by atoms with Crippen molar-refractivity contribution >= 4 is 5.91 Å². The zero-order valence-corrected chi connectivity index (χ0v) is 17.0. The first-order valence-electron chi connectivity index (χ1n) is 9.77. The van der Waals surface area contributed by atoms with Crippen LogP contribution in [0.1, 0.15) is 79.2 Å². The van der Waals surface area contributed by atoms with Crippen LogP contribution in [-0.4, -0.2) is 17.1 Å². The van der Waals surface area contributed by atoms with Gasteiger partial charge in [-0.15, -0.1) is 0 Å². The highest BCUT2D eigenvalue weighted by atomic mass is 16.3. The fourth-order valence-corrected chi connectivity index (χ4v) is 3.54. The van der Waals surface area contributed by atoms with Gasteiger partial charge in [0.05, 0.1) is 0 Å². The second-order valence-corrected chi connectivity index (χ2v) is 8.30. The second-order valence-electron chi connectivity index (χ2n) is 8.30. The van der Waals surface area contributed by atoms with Crippen molar-refractivity contribution in [1.82, 2.24) is 5.32 Å². The van der Waals surface area contributed by atoms with Gasteiger partial charge in [-0.1, -0.05) is 66.5 Å². The number of benzene rings is 1. The van der Waals surface area contributed by atoms with Gasteiger partial charge < -0.3 is 10.4 Å². The maximum absolute atomic E-state index is 13.0. The lowest BCUT2D eigenvalue weighted by Gasteiger charge is -2.38. The van der Waals surface area contributed by atoms with Gasteiger partial charge in [0, 0.05) is 11.5 Å². The number of carbonyl (C=O) groups excluding carboxylic acids is 1. The molecule has 1 aromatic carbocycles. The Hall–Kier alpha value is -1.51. The molecule has 2 N–H and O–H groups in total. The van der Waals surface area contributed by atoms with Gasteiger partial charge in [0.1, 0.15) is 5.75 Å². The molecule has 0 spiro atoms. The van der Waals surface area contributed by atoms with Gasteiger partial charge in [-0.05, 0) is 48.8 Å². The van der Waals surface area contributed by atoms with Gasteiger partial charge in [-0.25, -0.2) is 0 Å². The Bertz CT molecular complexity index is 535. The van der Waals surface area contributed by atoms with E-state index in [-0.39, 0.29) is 28.5 Å². The maximum atomic E-state index is 13.0. The fraction of sp³-hybridized carbons (Fsp3) is 0.682. The normalized spacial score (nSPS) is 15.4. The smallest absolute Gasteiger partial charge is 0.226 e.